The number of methoxy groups -OCH3 is 2. The van der Waals surface area contributed by atoms with Crippen LogP contribution in [0.5, 0.6) is 11.5 Å². The number of rotatable bonds is 10. The summed E-state index contributed by atoms with van der Waals surface area (Å²) in [5.74, 6) is 0.906. The van der Waals surface area contributed by atoms with Crippen LogP contribution in [0.3, 0.4) is 0 Å². The number of piperidine rings is 1. The molecule has 2 amide bonds. The van der Waals surface area contributed by atoms with E-state index in [2.05, 4.69) is 5.32 Å². The van der Waals surface area contributed by atoms with Crippen LogP contribution >= 0.6 is 11.8 Å². The van der Waals surface area contributed by atoms with Crippen LogP contribution in [0.15, 0.2) is 18.2 Å². The number of nitrogens with one attached hydrogen (secondary N) is 1. The molecule has 1 spiro atoms. The summed E-state index contributed by atoms with van der Waals surface area (Å²) in [7, 11) is 3.14. The van der Waals surface area contributed by atoms with Gasteiger partial charge >= 0.3 is 5.97 Å². The molecule has 2 fully saturated rings. The highest BCUT2D eigenvalue weighted by atomic mass is 32.2. The quantitative estimate of drug-likeness (QED) is 0.509. The van der Waals surface area contributed by atoms with Gasteiger partial charge in [0, 0.05) is 31.5 Å². The van der Waals surface area contributed by atoms with Gasteiger partial charge in [0.05, 0.1) is 32.3 Å². The number of ether oxygens (including phenoxy) is 2. The number of carbonyl (C=O) groups excluding carboxylic acids is 2. The fourth-order valence-corrected chi connectivity index (χ4v) is 5.46. The van der Waals surface area contributed by atoms with Gasteiger partial charge in [-0.25, -0.2) is 4.79 Å². The Bertz CT molecular complexity index is 903. The Balaban J connectivity index is 1.75. The Morgan fingerprint density at radius 1 is 1.26 bits per heavy atom. The van der Waals surface area contributed by atoms with Gasteiger partial charge < -0.3 is 24.4 Å². The molecular formula is C24H35N3O6S. The van der Waals surface area contributed by atoms with Crippen molar-refractivity contribution in [3.63, 3.8) is 0 Å². The molecule has 1 aromatic carbocycles. The van der Waals surface area contributed by atoms with Gasteiger partial charge in [0.2, 0.25) is 11.8 Å². The first-order valence-electron chi connectivity index (χ1n) is 11.6. The predicted molar refractivity (Wildman–Crippen MR) is 130 cm³/mol. The third-order valence-electron chi connectivity index (χ3n) is 6.81. The van der Waals surface area contributed by atoms with Gasteiger partial charge in [0.1, 0.15) is 17.5 Å². The Morgan fingerprint density at radius 2 is 1.97 bits per heavy atom. The summed E-state index contributed by atoms with van der Waals surface area (Å²) in [5.41, 5.74) is 0.000842. The summed E-state index contributed by atoms with van der Waals surface area (Å²) in [4.78, 5) is 41.7. The van der Waals surface area contributed by atoms with E-state index < -0.39 is 23.7 Å². The van der Waals surface area contributed by atoms with Crippen molar-refractivity contribution < 1.29 is 29.0 Å². The van der Waals surface area contributed by atoms with Gasteiger partial charge in [0.15, 0.2) is 0 Å². The average Bonchev–Trinajstić information content (AvgIpc) is 3.09. The van der Waals surface area contributed by atoms with Crippen LogP contribution in [0.4, 0.5) is 0 Å². The van der Waals surface area contributed by atoms with Crippen LogP contribution in [-0.4, -0.2) is 89.8 Å². The number of carbonyl (C=O) groups is 3. The van der Waals surface area contributed by atoms with Crippen molar-refractivity contribution in [2.75, 3.05) is 39.3 Å². The minimum Gasteiger partial charge on any atom is -0.497 e. The van der Waals surface area contributed by atoms with Crippen LogP contribution in [0, 0.1) is 0 Å². The molecular weight excluding hydrogens is 458 g/mol. The summed E-state index contributed by atoms with van der Waals surface area (Å²) in [6, 6.07) is 4.08. The van der Waals surface area contributed by atoms with E-state index in [1.807, 2.05) is 6.26 Å². The van der Waals surface area contributed by atoms with E-state index in [0.29, 0.717) is 50.3 Å². The number of hydrogen-bond acceptors (Lipinski definition) is 7. The van der Waals surface area contributed by atoms with Gasteiger partial charge in [-0.3, -0.25) is 14.9 Å². The third-order valence-corrected chi connectivity index (χ3v) is 7.45. The van der Waals surface area contributed by atoms with E-state index >= 15 is 0 Å². The zero-order chi connectivity index (χ0) is 24.9. The number of nitrogens with zero attached hydrogens (tertiary/aromatic N) is 2. The number of benzene rings is 1. The van der Waals surface area contributed by atoms with E-state index in [0.717, 1.165) is 11.3 Å². The van der Waals surface area contributed by atoms with Gasteiger partial charge in [0.25, 0.3) is 0 Å². The second-order valence-electron chi connectivity index (χ2n) is 8.72. The lowest BCUT2D eigenvalue weighted by atomic mass is 9.93. The molecule has 10 heteroatoms. The highest BCUT2D eigenvalue weighted by Gasteiger charge is 2.54. The maximum atomic E-state index is 13.3. The van der Waals surface area contributed by atoms with Crippen LogP contribution < -0.4 is 14.8 Å². The molecule has 2 aliphatic rings. The molecule has 2 saturated heterocycles. The summed E-state index contributed by atoms with van der Waals surface area (Å²) in [6.45, 7) is 2.66. The van der Waals surface area contributed by atoms with E-state index in [9.17, 15) is 19.5 Å². The topological polar surface area (TPSA) is 108 Å². The molecule has 2 N–H and O–H groups in total. The second-order valence-corrected chi connectivity index (χ2v) is 9.70. The molecule has 2 heterocycles. The molecule has 188 valence electrons. The Kier molecular flexibility index (Phi) is 8.70. The maximum absolute atomic E-state index is 13.3. The highest BCUT2D eigenvalue weighted by Crippen LogP contribution is 2.36. The minimum absolute atomic E-state index is 0.0403. The van der Waals surface area contributed by atoms with Gasteiger partial charge in [-0.2, -0.15) is 11.8 Å². The van der Waals surface area contributed by atoms with E-state index in [1.54, 1.807) is 60.9 Å². The van der Waals surface area contributed by atoms with Crippen LogP contribution in [0.1, 0.15) is 38.2 Å². The molecule has 0 aromatic heterocycles. The summed E-state index contributed by atoms with van der Waals surface area (Å²) in [5, 5.41) is 13.3. The summed E-state index contributed by atoms with van der Waals surface area (Å²) >= 11 is 1.66. The number of hydrogen-bond donors (Lipinski definition) is 2. The lowest BCUT2D eigenvalue weighted by Crippen LogP contribution is -2.63. The second kappa shape index (κ2) is 11.3. The number of aliphatic carboxylic acids is 1. The molecule has 34 heavy (non-hydrogen) atoms. The monoisotopic (exact) mass is 493 g/mol. The largest absolute Gasteiger partial charge is 0.497 e. The Hall–Kier alpha value is -2.46. The van der Waals surface area contributed by atoms with E-state index in [4.69, 9.17) is 9.47 Å². The standard InChI is InChI=1S/C24H35N3O6S/c1-5-19(23(30)31)27-22(29)18(8-13-34-4)25-24(27)9-11-26(12-10-24)21(28)15-16-14-17(32-2)6-7-20(16)33-3/h6-7,14,18-19,25H,5,8-13,15H2,1-4H3,(H,30,31). The van der Waals surface area contributed by atoms with Gasteiger partial charge in [-0.15, -0.1) is 0 Å². The van der Waals surface area contributed by atoms with Crippen molar-refractivity contribution in [3.8, 4) is 11.5 Å². The molecule has 0 saturated carbocycles. The minimum atomic E-state index is -0.994. The van der Waals surface area contributed by atoms with E-state index in [1.165, 1.54) is 0 Å². The molecule has 1 aromatic rings. The van der Waals surface area contributed by atoms with E-state index in [-0.39, 0.29) is 18.2 Å². The Morgan fingerprint density at radius 3 is 2.53 bits per heavy atom. The Labute approximate surface area is 205 Å². The number of amides is 2. The van der Waals surface area contributed by atoms with Gasteiger partial charge in [-0.1, -0.05) is 6.92 Å². The molecule has 0 radical (unpaired) electrons. The van der Waals surface area contributed by atoms with Crippen molar-refractivity contribution in [1.29, 1.82) is 0 Å². The molecule has 0 aliphatic carbocycles. The lowest BCUT2D eigenvalue weighted by molar-refractivity contribution is -0.155. The zero-order valence-corrected chi connectivity index (χ0v) is 21.2. The van der Waals surface area contributed by atoms with Gasteiger partial charge in [-0.05, 0) is 43.0 Å². The number of carboxylic acid groups (broad SMARTS) is 1. The van der Waals surface area contributed by atoms with Crippen molar-refractivity contribution in [2.24, 2.45) is 0 Å². The first-order valence-corrected chi connectivity index (χ1v) is 13.0. The van der Waals surface area contributed by atoms with Crippen LogP contribution in [0.25, 0.3) is 0 Å². The third kappa shape index (κ3) is 5.27. The van der Waals surface area contributed by atoms with Crippen molar-refractivity contribution >= 4 is 29.5 Å². The van der Waals surface area contributed by atoms with Crippen LogP contribution in [0.2, 0.25) is 0 Å². The van der Waals surface area contributed by atoms with Crippen molar-refractivity contribution in [1.82, 2.24) is 15.1 Å². The highest BCUT2D eigenvalue weighted by molar-refractivity contribution is 7.98. The maximum Gasteiger partial charge on any atom is 0.326 e. The molecule has 2 aliphatic heterocycles. The first kappa shape index (κ1) is 26.2. The molecule has 2 unspecified atom stereocenters. The fraction of sp³-hybridized carbons (Fsp3) is 0.625. The van der Waals surface area contributed by atoms with Crippen LogP contribution in [-0.2, 0) is 20.8 Å². The molecule has 9 nitrogen and oxygen atoms in total. The lowest BCUT2D eigenvalue weighted by Gasteiger charge is -2.46. The normalized spacial score (nSPS) is 20.5. The zero-order valence-electron chi connectivity index (χ0n) is 20.3. The first-order chi connectivity index (χ1) is 16.3. The molecule has 3 rings (SSSR count). The summed E-state index contributed by atoms with van der Waals surface area (Å²) in [6.07, 6.45) is 4.11. The van der Waals surface area contributed by atoms with Crippen molar-refractivity contribution in [3.05, 3.63) is 23.8 Å². The molecule has 0 bridgehead atoms. The van der Waals surface area contributed by atoms with Crippen molar-refractivity contribution in [2.45, 2.75) is 56.8 Å². The smallest absolute Gasteiger partial charge is 0.326 e. The molecule has 2 atom stereocenters. The average molecular weight is 494 g/mol. The summed E-state index contributed by atoms with van der Waals surface area (Å²) < 4.78 is 10.7. The number of likely N-dealkylation sites (tertiary alicyclic amines) is 1. The predicted octanol–water partition coefficient (Wildman–Crippen LogP) is 1.98. The fourth-order valence-electron chi connectivity index (χ4n) is 4.99. The number of thioether (sulfide) groups is 1. The number of carboxylic acids is 1. The SMILES string of the molecule is CCC(C(=O)O)N1C(=O)C(CCSC)NC12CCN(C(=O)Cc1cc(OC)ccc1OC)CC2.